The van der Waals surface area contributed by atoms with E-state index in [0.29, 0.717) is 6.42 Å². The normalized spacial score (nSPS) is 15.6. The molecule has 10 heteroatoms. The highest BCUT2D eigenvalue weighted by atomic mass is 31.2. The van der Waals surface area contributed by atoms with Crippen LogP contribution in [0, 0.1) is 0 Å². The van der Waals surface area contributed by atoms with Gasteiger partial charge < -0.3 is 35.7 Å². The molecule has 4 atom stereocenters. The van der Waals surface area contributed by atoms with E-state index in [9.17, 15) is 20.1 Å². The van der Waals surface area contributed by atoms with E-state index in [1.165, 1.54) is 64.7 Å². The first-order chi connectivity index (χ1) is 13.9. The van der Waals surface area contributed by atoms with Crippen molar-refractivity contribution in [2.75, 3.05) is 0 Å². The third-order valence-electron chi connectivity index (χ3n) is 4.92. The van der Waals surface area contributed by atoms with Crippen LogP contribution in [-0.2, 0) is 9.36 Å². The molecule has 0 rings (SSSR count). The van der Waals surface area contributed by atoms with Crippen LogP contribution in [0.25, 0.3) is 0 Å². The van der Waals surface area contributed by atoms with E-state index in [0.717, 1.165) is 19.3 Å². The zero-order valence-corrected chi connectivity index (χ0v) is 19.4. The minimum atomic E-state index is -4.64. The number of Topliss-reactive ketones (excluding diaryl/α,β-unsaturated/α-hetero) is 1. The molecule has 0 saturated heterocycles. The molecule has 0 aromatic carbocycles. The molecule has 1 unspecified atom stereocenters. The summed E-state index contributed by atoms with van der Waals surface area (Å²) in [4.78, 5) is 32.6. The van der Waals surface area contributed by atoms with Crippen LogP contribution in [0.1, 0.15) is 97.3 Å². The lowest BCUT2D eigenvalue weighted by atomic mass is 9.95. The van der Waals surface area contributed by atoms with Gasteiger partial charge in [-0.15, -0.1) is 0 Å². The molecular formula is C20H44NO8P. The number of nitrogens with two attached hydrogens (primary N) is 1. The molecule has 0 aliphatic rings. The summed E-state index contributed by atoms with van der Waals surface area (Å²) in [5.41, 5.74) is 5.62. The number of aliphatic hydroxyl groups excluding tert-OH is 3. The predicted molar refractivity (Wildman–Crippen MR) is 117 cm³/mol. The molecule has 0 fully saturated rings. The second-order valence-corrected chi connectivity index (χ2v) is 8.91. The van der Waals surface area contributed by atoms with Gasteiger partial charge in [-0.05, 0) is 13.3 Å². The van der Waals surface area contributed by atoms with E-state index in [1.54, 1.807) is 0 Å². The first-order valence-electron chi connectivity index (χ1n) is 11.0. The Hall–Kier alpha value is -0.380. The zero-order chi connectivity index (χ0) is 23.6. The highest BCUT2D eigenvalue weighted by Crippen LogP contribution is 2.25. The molecule has 0 spiro atoms. The number of carbonyl (C=O) groups is 1. The van der Waals surface area contributed by atoms with Crippen LogP contribution in [0.2, 0.25) is 0 Å². The number of ketones is 1. The van der Waals surface area contributed by atoms with Gasteiger partial charge in [0.2, 0.25) is 0 Å². The smallest absolute Gasteiger partial charge is 0.390 e. The van der Waals surface area contributed by atoms with Gasteiger partial charge in [-0.3, -0.25) is 4.79 Å². The van der Waals surface area contributed by atoms with Crippen LogP contribution in [0.15, 0.2) is 0 Å². The Morgan fingerprint density at radius 1 is 0.800 bits per heavy atom. The largest absolute Gasteiger partial charge is 0.466 e. The summed E-state index contributed by atoms with van der Waals surface area (Å²) in [5, 5.41) is 29.4. The fraction of sp³-hybridized carbons (Fsp3) is 0.950. The van der Waals surface area contributed by atoms with Crippen molar-refractivity contribution in [2.24, 2.45) is 5.73 Å². The molecule has 0 bridgehead atoms. The fourth-order valence-corrected chi connectivity index (χ4v) is 3.08. The predicted octanol–water partition coefficient (Wildman–Crippen LogP) is 2.15. The van der Waals surface area contributed by atoms with Gasteiger partial charge in [-0.2, -0.15) is 0 Å². The molecular weight excluding hydrogens is 413 g/mol. The summed E-state index contributed by atoms with van der Waals surface area (Å²) in [5.74, 6) is -0.496. The molecule has 0 aliphatic carbocycles. The van der Waals surface area contributed by atoms with Crippen molar-refractivity contribution in [3.63, 3.8) is 0 Å². The number of unbranched alkanes of at least 4 members (excludes halogenated alkanes) is 11. The summed E-state index contributed by atoms with van der Waals surface area (Å²) < 4.78 is 8.88. The van der Waals surface area contributed by atoms with Crippen molar-refractivity contribution in [2.45, 2.75) is 122 Å². The van der Waals surface area contributed by atoms with Crippen LogP contribution in [0.3, 0.4) is 0 Å². The maximum absolute atomic E-state index is 11.1. The van der Waals surface area contributed by atoms with E-state index >= 15 is 0 Å². The van der Waals surface area contributed by atoms with Gasteiger partial charge in [0.1, 0.15) is 6.10 Å². The zero-order valence-electron chi connectivity index (χ0n) is 18.5. The van der Waals surface area contributed by atoms with Gasteiger partial charge in [0.05, 0.1) is 18.2 Å². The molecule has 0 radical (unpaired) electrons. The third-order valence-corrected chi connectivity index (χ3v) is 4.92. The molecule has 0 aliphatic heterocycles. The van der Waals surface area contributed by atoms with Gasteiger partial charge in [0.25, 0.3) is 0 Å². The summed E-state index contributed by atoms with van der Waals surface area (Å²) in [6.45, 7) is 3.46. The Kier molecular flexibility index (Phi) is 20.5. The number of hydrogen-bond acceptors (Lipinski definition) is 6. The topological polar surface area (TPSA) is 182 Å². The molecule has 182 valence electrons. The van der Waals surface area contributed by atoms with Crippen molar-refractivity contribution in [1.82, 2.24) is 0 Å². The summed E-state index contributed by atoms with van der Waals surface area (Å²) in [6.07, 6.45) is 11.6. The van der Waals surface area contributed by atoms with Gasteiger partial charge in [-0.25, -0.2) is 4.57 Å². The Bertz CT molecular complexity index is 452. The summed E-state index contributed by atoms with van der Waals surface area (Å²) in [6, 6.07) is -1.13. The Balaban J connectivity index is 0. The van der Waals surface area contributed by atoms with E-state index in [1.807, 2.05) is 0 Å². The number of rotatable bonds is 17. The maximum atomic E-state index is 11.1. The standard InChI is InChI=1S/C20H41NO4.H3O4P/c1-3-4-5-6-7-8-9-10-11-12-13-14-15-17(23)20(25)18(21)19(24)16(2)22;1-5(2,3)4/h17-20,23-25H,3-15,21H2,1-2H3;(H3,1,2,3,4)/t17-,18+,19?,20-;/m1./s1. The SMILES string of the molecule is CCCCCCCCCCCCCC[C@@H](O)[C@@H](O)[C@@H](N)C(O)C(C)=O.O=P(O)(O)O. The first kappa shape index (κ1) is 31.8. The number of carbonyl (C=O) groups excluding carboxylic acids is 1. The molecule has 0 saturated carbocycles. The average Bonchev–Trinajstić information content (AvgIpc) is 2.65. The molecule has 0 heterocycles. The number of hydrogen-bond donors (Lipinski definition) is 7. The average molecular weight is 458 g/mol. The van der Waals surface area contributed by atoms with Crippen molar-refractivity contribution < 1.29 is 39.4 Å². The highest BCUT2D eigenvalue weighted by molar-refractivity contribution is 7.45. The Morgan fingerprint density at radius 3 is 1.47 bits per heavy atom. The van der Waals surface area contributed by atoms with Crippen molar-refractivity contribution in [3.05, 3.63) is 0 Å². The van der Waals surface area contributed by atoms with E-state index in [-0.39, 0.29) is 0 Å². The van der Waals surface area contributed by atoms with Crippen LogP contribution >= 0.6 is 7.82 Å². The van der Waals surface area contributed by atoms with Crippen molar-refractivity contribution >= 4 is 13.6 Å². The van der Waals surface area contributed by atoms with Gasteiger partial charge in [0.15, 0.2) is 5.78 Å². The number of aliphatic hydroxyl groups is 3. The monoisotopic (exact) mass is 457 g/mol. The minimum absolute atomic E-state index is 0.441. The molecule has 0 aromatic heterocycles. The summed E-state index contributed by atoms with van der Waals surface area (Å²) in [7, 11) is -4.64. The van der Waals surface area contributed by atoms with Crippen LogP contribution in [0.5, 0.6) is 0 Å². The lowest BCUT2D eigenvalue weighted by molar-refractivity contribution is -0.129. The molecule has 30 heavy (non-hydrogen) atoms. The molecule has 0 amide bonds. The minimum Gasteiger partial charge on any atom is -0.390 e. The van der Waals surface area contributed by atoms with E-state index in [2.05, 4.69) is 6.92 Å². The number of phosphoric acid groups is 1. The lowest BCUT2D eigenvalue weighted by Gasteiger charge is -2.26. The Labute approximate surface area is 180 Å². The third kappa shape index (κ3) is 22.3. The van der Waals surface area contributed by atoms with Crippen LogP contribution in [0.4, 0.5) is 0 Å². The first-order valence-corrected chi connectivity index (χ1v) is 12.6. The quantitative estimate of drug-likeness (QED) is 0.127. The van der Waals surface area contributed by atoms with Crippen molar-refractivity contribution in [3.8, 4) is 0 Å². The van der Waals surface area contributed by atoms with Crippen LogP contribution < -0.4 is 5.73 Å². The lowest BCUT2D eigenvalue weighted by Crippen LogP contribution is -2.52. The maximum Gasteiger partial charge on any atom is 0.466 e. The summed E-state index contributed by atoms with van der Waals surface area (Å²) >= 11 is 0. The van der Waals surface area contributed by atoms with Gasteiger partial charge in [0, 0.05) is 0 Å². The molecule has 9 nitrogen and oxygen atoms in total. The van der Waals surface area contributed by atoms with E-state index in [4.69, 9.17) is 25.0 Å². The van der Waals surface area contributed by atoms with Gasteiger partial charge >= 0.3 is 7.82 Å². The molecule has 8 N–H and O–H groups in total. The second kappa shape index (κ2) is 19.3. The van der Waals surface area contributed by atoms with E-state index < -0.39 is 38.0 Å². The highest BCUT2D eigenvalue weighted by Gasteiger charge is 2.30. The van der Waals surface area contributed by atoms with Crippen molar-refractivity contribution in [1.29, 1.82) is 0 Å². The van der Waals surface area contributed by atoms with Gasteiger partial charge in [-0.1, -0.05) is 84.0 Å². The molecule has 0 aromatic rings. The fourth-order valence-electron chi connectivity index (χ4n) is 3.08. The second-order valence-electron chi connectivity index (χ2n) is 7.88. The van der Waals surface area contributed by atoms with Crippen LogP contribution in [-0.4, -0.2) is 60.1 Å². The Morgan fingerprint density at radius 2 is 1.13 bits per heavy atom.